The summed E-state index contributed by atoms with van der Waals surface area (Å²) in [6.07, 6.45) is 9.57. The van der Waals surface area contributed by atoms with Gasteiger partial charge in [-0.05, 0) is 30.5 Å². The largest absolute Gasteiger partial charge is 0.478 e. The molecule has 0 radical (unpaired) electrons. The lowest BCUT2D eigenvalue weighted by molar-refractivity contribution is -0.130. The molecule has 0 saturated carbocycles. The molecular weight excluding hydrogens is 350 g/mol. The lowest BCUT2D eigenvalue weighted by Gasteiger charge is -2.25. The van der Waals surface area contributed by atoms with Crippen molar-refractivity contribution in [1.82, 2.24) is 0 Å². The molecule has 0 bridgehead atoms. The number of carboxylic acids is 1. The van der Waals surface area contributed by atoms with Crippen LogP contribution in [0.1, 0.15) is 70.8 Å². The van der Waals surface area contributed by atoms with Gasteiger partial charge in [-0.25, -0.2) is 4.79 Å². The second-order valence-corrected chi connectivity index (χ2v) is 6.93. The number of hydrogen-bond donors (Lipinski definition) is 1. The van der Waals surface area contributed by atoms with E-state index in [0.717, 1.165) is 31.6 Å². The number of carboxylic acid groups (broad SMARTS) is 1. The molecule has 0 spiro atoms. The number of benzene rings is 1. The van der Waals surface area contributed by atoms with Crippen LogP contribution in [-0.4, -0.2) is 24.2 Å². The number of rotatable bonds is 13. The van der Waals surface area contributed by atoms with E-state index >= 15 is 0 Å². The molecule has 0 aliphatic heterocycles. The van der Waals surface area contributed by atoms with Gasteiger partial charge in [0.25, 0.3) is 0 Å². The molecular formula is C23H31N3O2. The van der Waals surface area contributed by atoms with E-state index in [1.807, 2.05) is 12.1 Å². The summed E-state index contributed by atoms with van der Waals surface area (Å²) in [6.45, 7) is 6.36. The Morgan fingerprint density at radius 1 is 0.893 bits per heavy atom. The van der Waals surface area contributed by atoms with E-state index in [-0.39, 0.29) is 11.1 Å². The van der Waals surface area contributed by atoms with Gasteiger partial charge in [-0.2, -0.15) is 10.5 Å². The van der Waals surface area contributed by atoms with Crippen LogP contribution >= 0.6 is 0 Å². The first kappa shape index (κ1) is 23.2. The van der Waals surface area contributed by atoms with Gasteiger partial charge in [-0.15, -0.1) is 0 Å². The van der Waals surface area contributed by atoms with Crippen molar-refractivity contribution in [2.45, 2.75) is 65.2 Å². The van der Waals surface area contributed by atoms with Crippen molar-refractivity contribution in [3.8, 4) is 12.1 Å². The van der Waals surface area contributed by atoms with Crippen molar-refractivity contribution in [2.75, 3.05) is 18.0 Å². The van der Waals surface area contributed by atoms with E-state index in [1.54, 1.807) is 24.3 Å². The van der Waals surface area contributed by atoms with Crippen LogP contribution in [0, 0.1) is 22.7 Å². The van der Waals surface area contributed by atoms with Gasteiger partial charge in [0.05, 0.1) is 5.57 Å². The summed E-state index contributed by atoms with van der Waals surface area (Å²) in [5, 5.41) is 27.5. The van der Waals surface area contributed by atoms with Crippen LogP contribution in [0.3, 0.4) is 0 Å². The number of hydrogen-bond acceptors (Lipinski definition) is 4. The highest BCUT2D eigenvalue weighted by molar-refractivity contribution is 6.18. The first-order valence-corrected chi connectivity index (χ1v) is 10.2. The van der Waals surface area contributed by atoms with E-state index in [0.29, 0.717) is 5.56 Å². The predicted molar refractivity (Wildman–Crippen MR) is 113 cm³/mol. The van der Waals surface area contributed by atoms with Crippen molar-refractivity contribution in [1.29, 1.82) is 10.5 Å². The highest BCUT2D eigenvalue weighted by atomic mass is 16.4. The first-order valence-electron chi connectivity index (χ1n) is 10.2. The molecule has 0 aromatic heterocycles. The second-order valence-electron chi connectivity index (χ2n) is 6.93. The lowest BCUT2D eigenvalue weighted by atomic mass is 10.0. The summed E-state index contributed by atoms with van der Waals surface area (Å²) in [4.78, 5) is 13.9. The third kappa shape index (κ3) is 7.45. The Morgan fingerprint density at radius 3 is 1.79 bits per heavy atom. The van der Waals surface area contributed by atoms with E-state index in [9.17, 15) is 9.90 Å². The second kappa shape index (κ2) is 13.4. The van der Waals surface area contributed by atoms with Gasteiger partial charge in [0.1, 0.15) is 17.7 Å². The quantitative estimate of drug-likeness (QED) is 0.275. The number of anilines is 1. The molecule has 0 fully saturated rings. The number of aliphatic carboxylic acids is 1. The van der Waals surface area contributed by atoms with Crippen molar-refractivity contribution in [3.05, 3.63) is 35.4 Å². The molecule has 1 aromatic carbocycles. The normalized spacial score (nSPS) is 10.0. The number of unbranched alkanes of at least 4 members (excludes halogenated alkanes) is 6. The van der Waals surface area contributed by atoms with Gasteiger partial charge >= 0.3 is 5.97 Å². The van der Waals surface area contributed by atoms with Crippen LogP contribution in [0.25, 0.3) is 5.57 Å². The number of carbonyl (C=O) groups is 1. The van der Waals surface area contributed by atoms with Crippen LogP contribution in [0.4, 0.5) is 5.69 Å². The maximum Gasteiger partial charge on any atom is 0.338 e. The summed E-state index contributed by atoms with van der Waals surface area (Å²) < 4.78 is 0. The molecule has 1 aromatic rings. The Morgan fingerprint density at radius 2 is 1.39 bits per heavy atom. The minimum Gasteiger partial charge on any atom is -0.478 e. The topological polar surface area (TPSA) is 88.1 Å². The molecule has 1 N–H and O–H groups in total. The van der Waals surface area contributed by atoms with Crippen LogP contribution in [0.15, 0.2) is 29.8 Å². The number of nitriles is 2. The lowest BCUT2D eigenvalue weighted by Crippen LogP contribution is -2.25. The van der Waals surface area contributed by atoms with Gasteiger partial charge in [-0.3, -0.25) is 0 Å². The van der Waals surface area contributed by atoms with Crippen molar-refractivity contribution >= 4 is 17.2 Å². The Balaban J connectivity index is 2.99. The van der Waals surface area contributed by atoms with Gasteiger partial charge in [0.2, 0.25) is 0 Å². The van der Waals surface area contributed by atoms with E-state index < -0.39 is 5.97 Å². The van der Waals surface area contributed by atoms with Gasteiger partial charge < -0.3 is 10.0 Å². The molecule has 150 valence electrons. The Labute approximate surface area is 168 Å². The zero-order valence-corrected chi connectivity index (χ0v) is 17.1. The number of nitrogens with zero attached hydrogens (tertiary/aromatic N) is 3. The van der Waals surface area contributed by atoms with Crippen LogP contribution in [0.5, 0.6) is 0 Å². The van der Waals surface area contributed by atoms with Crippen LogP contribution in [0.2, 0.25) is 0 Å². The molecule has 0 unspecified atom stereocenters. The Bertz CT molecular complexity index is 696. The highest BCUT2D eigenvalue weighted by Crippen LogP contribution is 2.24. The fraction of sp³-hybridized carbons (Fsp3) is 0.522. The molecule has 0 heterocycles. The smallest absolute Gasteiger partial charge is 0.338 e. The maximum absolute atomic E-state index is 11.5. The molecule has 5 nitrogen and oxygen atoms in total. The monoisotopic (exact) mass is 381 g/mol. The van der Waals surface area contributed by atoms with Crippen molar-refractivity contribution in [2.24, 2.45) is 0 Å². The summed E-state index contributed by atoms with van der Waals surface area (Å²) in [5.41, 5.74) is 0.813. The Hall–Kier alpha value is -2.79. The van der Waals surface area contributed by atoms with Gasteiger partial charge in [0.15, 0.2) is 0 Å². The van der Waals surface area contributed by atoms with Gasteiger partial charge in [-0.1, -0.05) is 64.5 Å². The van der Waals surface area contributed by atoms with Crippen molar-refractivity contribution in [3.63, 3.8) is 0 Å². The summed E-state index contributed by atoms with van der Waals surface area (Å²) >= 11 is 0. The molecule has 0 aliphatic rings. The molecule has 28 heavy (non-hydrogen) atoms. The third-order valence-electron chi connectivity index (χ3n) is 4.77. The minimum atomic E-state index is -1.26. The van der Waals surface area contributed by atoms with Crippen LogP contribution < -0.4 is 4.90 Å². The summed E-state index contributed by atoms with van der Waals surface area (Å²) in [5.74, 6) is -1.26. The molecule has 5 heteroatoms. The zero-order valence-electron chi connectivity index (χ0n) is 17.1. The fourth-order valence-corrected chi connectivity index (χ4v) is 3.18. The molecule has 1 rings (SSSR count). The molecule has 0 saturated heterocycles. The van der Waals surface area contributed by atoms with Gasteiger partial charge in [0, 0.05) is 18.8 Å². The first-order chi connectivity index (χ1) is 13.6. The SMILES string of the molecule is CCCCCCN(CCCCCC)c1ccc(C(C(=O)O)=C(C#N)C#N)cc1. The van der Waals surface area contributed by atoms with Crippen LogP contribution in [-0.2, 0) is 4.79 Å². The third-order valence-corrected chi connectivity index (χ3v) is 4.77. The van der Waals surface area contributed by atoms with E-state index in [2.05, 4.69) is 18.7 Å². The zero-order chi connectivity index (χ0) is 20.8. The van der Waals surface area contributed by atoms with E-state index in [1.165, 1.54) is 38.5 Å². The minimum absolute atomic E-state index is 0.242. The summed E-state index contributed by atoms with van der Waals surface area (Å²) in [6, 6.07) is 10.5. The standard InChI is InChI=1S/C23H31N3O2/c1-3-5-7-9-15-26(16-10-8-6-4-2)21-13-11-19(12-14-21)22(23(27)28)20(17-24)18-25/h11-14H,3-10,15-16H2,1-2H3,(H,27,28). The maximum atomic E-state index is 11.5. The number of allylic oxidation sites excluding steroid dienone is 1. The average Bonchev–Trinajstić information content (AvgIpc) is 2.70. The van der Waals surface area contributed by atoms with E-state index in [4.69, 9.17) is 10.5 Å². The Kier molecular flexibility index (Phi) is 11.1. The molecule has 0 atom stereocenters. The highest BCUT2D eigenvalue weighted by Gasteiger charge is 2.17. The fourth-order valence-electron chi connectivity index (χ4n) is 3.18. The molecule has 0 amide bonds. The molecule has 0 aliphatic carbocycles. The average molecular weight is 382 g/mol. The predicted octanol–water partition coefficient (Wildman–Crippen LogP) is 5.54. The summed E-state index contributed by atoms with van der Waals surface area (Å²) in [7, 11) is 0. The van der Waals surface area contributed by atoms with Crippen molar-refractivity contribution < 1.29 is 9.90 Å².